The minimum absolute atomic E-state index is 0.0408. The Kier molecular flexibility index (Phi) is 5.26. The molecule has 0 unspecified atom stereocenters. The van der Waals surface area contributed by atoms with Crippen LogP contribution in [0.4, 0.5) is 5.69 Å². The van der Waals surface area contributed by atoms with E-state index in [9.17, 15) is 10.1 Å². The average Bonchev–Trinajstić information content (AvgIpc) is 2.38. The van der Waals surface area contributed by atoms with Gasteiger partial charge in [0.2, 0.25) is 0 Å². The quantitative estimate of drug-likeness (QED) is 0.581. The summed E-state index contributed by atoms with van der Waals surface area (Å²) in [7, 11) is 1.53. The summed E-state index contributed by atoms with van der Waals surface area (Å²) in [4.78, 5) is 10.3. The van der Waals surface area contributed by atoms with Crippen molar-refractivity contribution < 1.29 is 14.8 Å². The van der Waals surface area contributed by atoms with Crippen molar-refractivity contribution in [3.63, 3.8) is 0 Å². The van der Waals surface area contributed by atoms with Crippen molar-refractivity contribution in [2.24, 2.45) is 5.41 Å². The molecular formula is C13H20N2O4. The van der Waals surface area contributed by atoms with E-state index in [0.29, 0.717) is 18.8 Å². The third-order valence-electron chi connectivity index (χ3n) is 2.82. The van der Waals surface area contributed by atoms with Crippen LogP contribution in [0.25, 0.3) is 0 Å². The SMILES string of the molecule is COc1ccc([N+](=O)[O-])cc1CNCC(C)(C)CO. The van der Waals surface area contributed by atoms with Crippen LogP contribution in [0.2, 0.25) is 0 Å². The molecule has 1 rings (SSSR count). The molecule has 0 heterocycles. The second kappa shape index (κ2) is 6.49. The van der Waals surface area contributed by atoms with E-state index < -0.39 is 4.92 Å². The molecule has 0 atom stereocenters. The Morgan fingerprint density at radius 3 is 2.68 bits per heavy atom. The van der Waals surface area contributed by atoms with E-state index in [1.54, 1.807) is 6.07 Å². The minimum atomic E-state index is -0.430. The predicted octanol–water partition coefficient (Wildman–Crippen LogP) is 1.71. The van der Waals surface area contributed by atoms with Gasteiger partial charge in [-0.1, -0.05) is 13.8 Å². The van der Waals surface area contributed by atoms with Gasteiger partial charge in [-0.15, -0.1) is 0 Å². The molecule has 106 valence electrons. The summed E-state index contributed by atoms with van der Waals surface area (Å²) in [6.07, 6.45) is 0. The predicted molar refractivity (Wildman–Crippen MR) is 72.2 cm³/mol. The molecule has 0 aliphatic rings. The second-order valence-electron chi connectivity index (χ2n) is 5.18. The summed E-state index contributed by atoms with van der Waals surface area (Å²) in [6.45, 7) is 5.01. The van der Waals surface area contributed by atoms with Crippen LogP contribution in [0.3, 0.4) is 0 Å². The highest BCUT2D eigenvalue weighted by atomic mass is 16.6. The van der Waals surface area contributed by atoms with Crippen molar-refractivity contribution in [2.45, 2.75) is 20.4 Å². The maximum atomic E-state index is 10.7. The summed E-state index contributed by atoms with van der Waals surface area (Å²) in [5.74, 6) is 0.611. The van der Waals surface area contributed by atoms with Gasteiger partial charge in [0.25, 0.3) is 5.69 Å². The van der Waals surface area contributed by atoms with Gasteiger partial charge in [0.1, 0.15) is 5.75 Å². The minimum Gasteiger partial charge on any atom is -0.496 e. The van der Waals surface area contributed by atoms with E-state index in [2.05, 4.69) is 5.32 Å². The average molecular weight is 268 g/mol. The van der Waals surface area contributed by atoms with Crippen molar-refractivity contribution in [2.75, 3.05) is 20.3 Å². The molecule has 0 amide bonds. The molecular weight excluding hydrogens is 248 g/mol. The number of rotatable bonds is 7. The summed E-state index contributed by atoms with van der Waals surface area (Å²) in [5, 5.41) is 23.1. The van der Waals surface area contributed by atoms with Gasteiger partial charge in [-0.3, -0.25) is 10.1 Å². The molecule has 1 aromatic rings. The molecule has 19 heavy (non-hydrogen) atoms. The Bertz CT molecular complexity index is 446. The number of ether oxygens (including phenoxy) is 1. The summed E-state index contributed by atoms with van der Waals surface area (Å²) < 4.78 is 5.18. The van der Waals surface area contributed by atoms with Crippen molar-refractivity contribution in [3.05, 3.63) is 33.9 Å². The molecule has 2 N–H and O–H groups in total. The van der Waals surface area contributed by atoms with Crippen LogP contribution in [-0.4, -0.2) is 30.3 Å². The third kappa shape index (κ3) is 4.50. The highest BCUT2D eigenvalue weighted by Crippen LogP contribution is 2.24. The fourth-order valence-electron chi connectivity index (χ4n) is 1.61. The maximum Gasteiger partial charge on any atom is 0.270 e. The van der Waals surface area contributed by atoms with Crippen LogP contribution in [0.1, 0.15) is 19.4 Å². The lowest BCUT2D eigenvalue weighted by molar-refractivity contribution is -0.384. The summed E-state index contributed by atoms with van der Waals surface area (Å²) in [5.41, 5.74) is 0.540. The lowest BCUT2D eigenvalue weighted by atomic mass is 9.95. The topological polar surface area (TPSA) is 84.6 Å². The van der Waals surface area contributed by atoms with E-state index in [1.807, 2.05) is 13.8 Å². The van der Waals surface area contributed by atoms with E-state index in [0.717, 1.165) is 5.56 Å². The number of non-ortho nitro benzene ring substituents is 1. The number of nitrogens with zero attached hydrogens (tertiary/aromatic N) is 1. The largest absolute Gasteiger partial charge is 0.496 e. The monoisotopic (exact) mass is 268 g/mol. The van der Waals surface area contributed by atoms with Crippen LogP contribution >= 0.6 is 0 Å². The fraction of sp³-hybridized carbons (Fsp3) is 0.538. The number of nitro groups is 1. The third-order valence-corrected chi connectivity index (χ3v) is 2.82. The van der Waals surface area contributed by atoms with Crippen LogP contribution < -0.4 is 10.1 Å². The molecule has 6 nitrogen and oxygen atoms in total. The molecule has 0 bridgehead atoms. The zero-order valence-corrected chi connectivity index (χ0v) is 11.5. The lowest BCUT2D eigenvalue weighted by Crippen LogP contribution is -2.31. The summed E-state index contributed by atoms with van der Waals surface area (Å²) in [6, 6.07) is 4.50. The number of methoxy groups -OCH3 is 1. The highest BCUT2D eigenvalue weighted by Gasteiger charge is 2.16. The zero-order chi connectivity index (χ0) is 14.5. The standard InChI is InChI=1S/C13H20N2O4/c1-13(2,9-16)8-14-7-10-6-11(15(17)18)4-5-12(10)19-3/h4-6,14,16H,7-9H2,1-3H3. The van der Waals surface area contributed by atoms with Crippen LogP contribution in [0.15, 0.2) is 18.2 Å². The van der Waals surface area contributed by atoms with Gasteiger partial charge >= 0.3 is 0 Å². The van der Waals surface area contributed by atoms with Crippen molar-refractivity contribution >= 4 is 5.69 Å². The Labute approximate surface area is 112 Å². The molecule has 0 spiro atoms. The van der Waals surface area contributed by atoms with Crippen molar-refractivity contribution in [3.8, 4) is 5.75 Å². The number of benzene rings is 1. The van der Waals surface area contributed by atoms with Gasteiger partial charge in [-0.05, 0) is 6.07 Å². The Balaban J connectivity index is 2.75. The summed E-state index contributed by atoms with van der Waals surface area (Å²) >= 11 is 0. The van der Waals surface area contributed by atoms with Gasteiger partial charge in [0, 0.05) is 42.8 Å². The molecule has 6 heteroatoms. The number of hydrogen-bond donors (Lipinski definition) is 2. The first-order chi connectivity index (χ1) is 8.89. The van der Waals surface area contributed by atoms with Gasteiger partial charge in [-0.25, -0.2) is 0 Å². The first kappa shape index (κ1) is 15.4. The van der Waals surface area contributed by atoms with Crippen LogP contribution in [0.5, 0.6) is 5.75 Å². The lowest BCUT2D eigenvalue weighted by Gasteiger charge is -2.22. The van der Waals surface area contributed by atoms with Gasteiger partial charge in [-0.2, -0.15) is 0 Å². The molecule has 0 aromatic heterocycles. The number of hydrogen-bond acceptors (Lipinski definition) is 5. The number of aliphatic hydroxyl groups excluding tert-OH is 1. The highest BCUT2D eigenvalue weighted by molar-refractivity contribution is 5.43. The Hall–Kier alpha value is -1.66. The molecule has 0 fully saturated rings. The first-order valence-corrected chi connectivity index (χ1v) is 6.02. The number of aliphatic hydroxyl groups is 1. The molecule has 0 aliphatic heterocycles. The molecule has 0 aliphatic carbocycles. The number of nitro benzene ring substituents is 1. The smallest absolute Gasteiger partial charge is 0.270 e. The Morgan fingerprint density at radius 2 is 2.16 bits per heavy atom. The fourth-order valence-corrected chi connectivity index (χ4v) is 1.61. The van der Waals surface area contributed by atoms with Gasteiger partial charge in [0.15, 0.2) is 0 Å². The maximum absolute atomic E-state index is 10.7. The zero-order valence-electron chi connectivity index (χ0n) is 11.5. The number of nitrogens with one attached hydrogen (secondary N) is 1. The van der Waals surface area contributed by atoms with Crippen LogP contribution in [0, 0.1) is 15.5 Å². The van der Waals surface area contributed by atoms with Crippen molar-refractivity contribution in [1.29, 1.82) is 0 Å². The van der Waals surface area contributed by atoms with Gasteiger partial charge < -0.3 is 15.2 Å². The van der Waals surface area contributed by atoms with Crippen LogP contribution in [-0.2, 0) is 6.54 Å². The molecule has 0 saturated carbocycles. The van der Waals surface area contributed by atoms with E-state index in [-0.39, 0.29) is 17.7 Å². The molecule has 1 aromatic carbocycles. The second-order valence-corrected chi connectivity index (χ2v) is 5.18. The normalized spacial score (nSPS) is 11.4. The van der Waals surface area contributed by atoms with Crippen molar-refractivity contribution in [1.82, 2.24) is 5.32 Å². The van der Waals surface area contributed by atoms with E-state index in [1.165, 1.54) is 19.2 Å². The van der Waals surface area contributed by atoms with Gasteiger partial charge in [0.05, 0.1) is 12.0 Å². The Morgan fingerprint density at radius 1 is 1.47 bits per heavy atom. The van der Waals surface area contributed by atoms with E-state index in [4.69, 9.17) is 9.84 Å². The first-order valence-electron chi connectivity index (χ1n) is 6.02. The molecule has 0 radical (unpaired) electrons. The molecule has 0 saturated heterocycles. The van der Waals surface area contributed by atoms with E-state index >= 15 is 0 Å².